The number of hydrogen-bond acceptors (Lipinski definition) is 5. The van der Waals surface area contributed by atoms with Crippen LogP contribution in [-0.2, 0) is 15.3 Å². The lowest BCUT2D eigenvalue weighted by atomic mass is 10.1. The number of carboxylic acids is 1. The number of rotatable bonds is 9. The van der Waals surface area contributed by atoms with E-state index in [0.29, 0.717) is 18.7 Å². The molecule has 1 heterocycles. The highest BCUT2D eigenvalue weighted by Crippen LogP contribution is 2.14. The summed E-state index contributed by atoms with van der Waals surface area (Å²) in [5, 5.41) is 14.4. The quantitative estimate of drug-likeness (QED) is 0.731. The SMILES string of the molecule is Cc1nc(CSCC(=O)NCC(C)CCC(=O)O)cs1. The zero-order chi connectivity index (χ0) is 15.0. The molecule has 112 valence electrons. The fraction of sp³-hybridized carbons (Fsp3) is 0.615. The first-order valence-corrected chi connectivity index (χ1v) is 8.48. The van der Waals surface area contributed by atoms with Gasteiger partial charge in [0.1, 0.15) is 0 Å². The molecule has 1 aromatic rings. The Kier molecular flexibility index (Phi) is 7.61. The van der Waals surface area contributed by atoms with Crippen molar-refractivity contribution in [3.05, 3.63) is 16.1 Å². The number of nitrogens with zero attached hydrogens (tertiary/aromatic N) is 1. The highest BCUT2D eigenvalue weighted by Gasteiger charge is 2.08. The van der Waals surface area contributed by atoms with Gasteiger partial charge in [-0.1, -0.05) is 6.92 Å². The fourth-order valence-electron chi connectivity index (χ4n) is 1.53. The van der Waals surface area contributed by atoms with Crippen LogP contribution in [0.3, 0.4) is 0 Å². The summed E-state index contributed by atoms with van der Waals surface area (Å²) >= 11 is 3.15. The number of aromatic nitrogens is 1. The molecular formula is C13H20N2O3S2. The molecule has 1 unspecified atom stereocenters. The maximum atomic E-state index is 11.6. The van der Waals surface area contributed by atoms with Crippen molar-refractivity contribution in [2.75, 3.05) is 12.3 Å². The van der Waals surface area contributed by atoms with Gasteiger partial charge in [-0.05, 0) is 19.3 Å². The molecule has 1 aromatic heterocycles. The third-order valence-corrected chi connectivity index (χ3v) is 4.44. The molecule has 0 bridgehead atoms. The number of aryl methyl sites for hydroxylation is 1. The number of amides is 1. The number of carbonyl (C=O) groups is 2. The zero-order valence-electron chi connectivity index (χ0n) is 11.7. The van der Waals surface area contributed by atoms with Gasteiger partial charge in [0.25, 0.3) is 0 Å². The minimum absolute atomic E-state index is 0.0101. The van der Waals surface area contributed by atoms with E-state index in [1.165, 1.54) is 11.8 Å². The van der Waals surface area contributed by atoms with Crippen molar-refractivity contribution in [3.63, 3.8) is 0 Å². The lowest BCUT2D eigenvalue weighted by molar-refractivity contribution is -0.137. The van der Waals surface area contributed by atoms with Gasteiger partial charge in [-0.2, -0.15) is 0 Å². The molecule has 1 amide bonds. The van der Waals surface area contributed by atoms with E-state index in [0.717, 1.165) is 16.5 Å². The van der Waals surface area contributed by atoms with E-state index in [9.17, 15) is 9.59 Å². The van der Waals surface area contributed by atoms with E-state index >= 15 is 0 Å². The lowest BCUT2D eigenvalue weighted by Gasteiger charge is -2.11. The molecule has 1 rings (SSSR count). The summed E-state index contributed by atoms with van der Waals surface area (Å²) in [6.45, 7) is 4.43. The first-order chi connectivity index (χ1) is 9.47. The minimum Gasteiger partial charge on any atom is -0.481 e. The lowest BCUT2D eigenvalue weighted by Crippen LogP contribution is -2.29. The van der Waals surface area contributed by atoms with Crippen LogP contribution in [0.1, 0.15) is 30.5 Å². The number of thiazole rings is 1. The van der Waals surface area contributed by atoms with Gasteiger partial charge in [0.2, 0.25) is 5.91 Å². The first-order valence-electron chi connectivity index (χ1n) is 6.44. The van der Waals surface area contributed by atoms with E-state index in [-0.39, 0.29) is 18.2 Å². The molecule has 0 spiro atoms. The van der Waals surface area contributed by atoms with Crippen LogP contribution < -0.4 is 5.32 Å². The summed E-state index contributed by atoms with van der Waals surface area (Å²) in [4.78, 5) is 26.4. The predicted molar refractivity (Wildman–Crippen MR) is 82.1 cm³/mol. The van der Waals surface area contributed by atoms with Gasteiger partial charge in [-0.3, -0.25) is 9.59 Å². The van der Waals surface area contributed by atoms with Crippen molar-refractivity contribution < 1.29 is 14.7 Å². The molecule has 0 fully saturated rings. The van der Waals surface area contributed by atoms with Gasteiger partial charge in [0.05, 0.1) is 16.5 Å². The highest BCUT2D eigenvalue weighted by molar-refractivity contribution is 7.99. The van der Waals surface area contributed by atoms with E-state index < -0.39 is 5.97 Å². The summed E-state index contributed by atoms with van der Waals surface area (Å²) in [5.74, 6) is 0.525. The number of nitrogens with one attached hydrogen (secondary N) is 1. The average Bonchev–Trinajstić information content (AvgIpc) is 2.79. The minimum atomic E-state index is -0.794. The Morgan fingerprint density at radius 1 is 1.55 bits per heavy atom. The molecule has 5 nitrogen and oxygen atoms in total. The molecule has 1 atom stereocenters. The first kappa shape index (κ1) is 17.0. The molecule has 0 aliphatic rings. The summed E-state index contributed by atoms with van der Waals surface area (Å²) in [6.07, 6.45) is 0.732. The summed E-state index contributed by atoms with van der Waals surface area (Å²) < 4.78 is 0. The number of aliphatic carboxylic acids is 1. The van der Waals surface area contributed by atoms with E-state index in [2.05, 4.69) is 10.3 Å². The summed E-state index contributed by atoms with van der Waals surface area (Å²) in [7, 11) is 0. The molecule has 2 N–H and O–H groups in total. The van der Waals surface area contributed by atoms with Gasteiger partial charge in [0, 0.05) is 24.1 Å². The van der Waals surface area contributed by atoms with E-state index in [1.807, 2.05) is 19.2 Å². The Balaban J connectivity index is 2.09. The van der Waals surface area contributed by atoms with Crippen LogP contribution in [0.5, 0.6) is 0 Å². The molecule has 20 heavy (non-hydrogen) atoms. The molecule has 0 aromatic carbocycles. The van der Waals surface area contributed by atoms with Crippen molar-refractivity contribution in [1.82, 2.24) is 10.3 Å². The van der Waals surface area contributed by atoms with Gasteiger partial charge in [0.15, 0.2) is 0 Å². The monoisotopic (exact) mass is 316 g/mol. The van der Waals surface area contributed by atoms with Crippen LogP contribution in [0.25, 0.3) is 0 Å². The van der Waals surface area contributed by atoms with Crippen molar-refractivity contribution in [2.24, 2.45) is 5.92 Å². The maximum absolute atomic E-state index is 11.6. The third kappa shape index (κ3) is 7.49. The standard InChI is InChI=1S/C13H20N2O3S2/c1-9(3-4-13(17)18)5-14-12(16)8-19-6-11-7-20-10(2)15-11/h7,9H,3-6,8H2,1-2H3,(H,14,16)(H,17,18). The van der Waals surface area contributed by atoms with E-state index in [4.69, 9.17) is 5.11 Å². The molecule has 7 heteroatoms. The average molecular weight is 316 g/mol. The largest absolute Gasteiger partial charge is 0.481 e. The fourth-order valence-corrected chi connectivity index (χ4v) is 3.00. The number of carboxylic acid groups (broad SMARTS) is 1. The molecule has 0 saturated carbocycles. The predicted octanol–water partition coefficient (Wildman–Crippen LogP) is 2.30. The van der Waals surface area contributed by atoms with Gasteiger partial charge < -0.3 is 10.4 Å². The second-order valence-corrected chi connectivity index (χ2v) is 6.74. The molecular weight excluding hydrogens is 296 g/mol. The summed E-state index contributed by atoms with van der Waals surface area (Å²) in [6, 6.07) is 0. The Bertz CT molecular complexity index is 449. The molecule has 0 aliphatic heterocycles. The topological polar surface area (TPSA) is 79.3 Å². The highest BCUT2D eigenvalue weighted by atomic mass is 32.2. The molecule has 0 saturated heterocycles. The normalized spacial score (nSPS) is 12.1. The van der Waals surface area contributed by atoms with Crippen molar-refractivity contribution in [1.29, 1.82) is 0 Å². The van der Waals surface area contributed by atoms with Crippen LogP contribution >= 0.6 is 23.1 Å². The summed E-state index contributed by atoms with van der Waals surface area (Å²) in [5.41, 5.74) is 1.01. The van der Waals surface area contributed by atoms with Crippen LogP contribution in [0.15, 0.2) is 5.38 Å². The molecule has 0 radical (unpaired) electrons. The second kappa shape index (κ2) is 8.97. The van der Waals surface area contributed by atoms with Crippen molar-refractivity contribution in [3.8, 4) is 0 Å². The van der Waals surface area contributed by atoms with Crippen molar-refractivity contribution >= 4 is 35.0 Å². The van der Waals surface area contributed by atoms with Crippen LogP contribution in [-0.4, -0.2) is 34.3 Å². The maximum Gasteiger partial charge on any atom is 0.303 e. The smallest absolute Gasteiger partial charge is 0.303 e. The Labute approximate surface area is 127 Å². The van der Waals surface area contributed by atoms with Crippen LogP contribution in [0, 0.1) is 12.8 Å². The van der Waals surface area contributed by atoms with Gasteiger partial charge in [-0.15, -0.1) is 23.1 Å². The second-order valence-electron chi connectivity index (χ2n) is 4.69. The van der Waals surface area contributed by atoms with Crippen LogP contribution in [0.2, 0.25) is 0 Å². The van der Waals surface area contributed by atoms with E-state index in [1.54, 1.807) is 11.3 Å². The number of hydrogen-bond donors (Lipinski definition) is 2. The van der Waals surface area contributed by atoms with Gasteiger partial charge in [-0.25, -0.2) is 4.98 Å². The Morgan fingerprint density at radius 3 is 2.90 bits per heavy atom. The Morgan fingerprint density at radius 2 is 2.30 bits per heavy atom. The van der Waals surface area contributed by atoms with Gasteiger partial charge >= 0.3 is 5.97 Å². The number of thioether (sulfide) groups is 1. The Hall–Kier alpha value is -1.08. The van der Waals surface area contributed by atoms with Crippen LogP contribution in [0.4, 0.5) is 0 Å². The molecule has 0 aliphatic carbocycles. The zero-order valence-corrected chi connectivity index (χ0v) is 13.4. The number of carbonyl (C=O) groups excluding carboxylic acids is 1. The third-order valence-electron chi connectivity index (χ3n) is 2.65. The van der Waals surface area contributed by atoms with Crippen molar-refractivity contribution in [2.45, 2.75) is 32.4 Å².